The number of H-pyrrole nitrogens is 1. The summed E-state index contributed by atoms with van der Waals surface area (Å²) in [6, 6.07) is 14.1. The Kier molecular flexibility index (Phi) is 5.92. The number of anilines is 1. The first kappa shape index (κ1) is 24.0. The Bertz CT molecular complexity index is 1550. The van der Waals surface area contributed by atoms with Crippen LogP contribution in [0.15, 0.2) is 61.1 Å². The number of ether oxygens (including phenoxy) is 1. The maximum atomic E-state index is 13.5. The van der Waals surface area contributed by atoms with Crippen molar-refractivity contribution < 1.29 is 14.3 Å². The van der Waals surface area contributed by atoms with Crippen molar-refractivity contribution in [1.29, 1.82) is 0 Å². The summed E-state index contributed by atoms with van der Waals surface area (Å²) in [6.07, 6.45) is 11.1. The average molecular weight is 522 g/mol. The van der Waals surface area contributed by atoms with Gasteiger partial charge in [0, 0.05) is 66.9 Å². The van der Waals surface area contributed by atoms with Gasteiger partial charge in [0.05, 0.1) is 12.1 Å². The molecule has 1 aromatic carbocycles. The van der Waals surface area contributed by atoms with Crippen LogP contribution in [0.4, 0.5) is 5.69 Å². The first-order valence-corrected chi connectivity index (χ1v) is 13.9. The van der Waals surface area contributed by atoms with Gasteiger partial charge in [-0.3, -0.25) is 14.6 Å². The van der Waals surface area contributed by atoms with E-state index in [1.165, 1.54) is 0 Å². The maximum absolute atomic E-state index is 13.5. The fourth-order valence-electron chi connectivity index (χ4n) is 6.41. The predicted molar refractivity (Wildman–Crippen MR) is 149 cm³/mol. The molecule has 0 aliphatic carbocycles. The molecule has 2 amide bonds. The molecular formula is C31H31N5O3. The van der Waals surface area contributed by atoms with E-state index in [9.17, 15) is 9.59 Å². The van der Waals surface area contributed by atoms with Gasteiger partial charge in [-0.05, 0) is 73.6 Å². The molecule has 6 heterocycles. The van der Waals surface area contributed by atoms with E-state index in [-0.39, 0.29) is 17.4 Å². The molecule has 1 atom stereocenters. The Morgan fingerprint density at radius 2 is 1.79 bits per heavy atom. The summed E-state index contributed by atoms with van der Waals surface area (Å²) in [4.78, 5) is 41.7. The standard InChI is InChI=1S/C31H31N5O3/c37-28-4-1-14-36(28)24-7-5-21(6-8-24)22-16-23(19-32-18-22)25-9-12-33-29-26(25)17-27(34-29)30(38)35-13-2-10-31(20-35)11-3-15-39-31/h5-9,12,16-19H,1-4,10-11,13-15,20H2,(H,33,34). The summed E-state index contributed by atoms with van der Waals surface area (Å²) in [7, 11) is 0. The fourth-order valence-corrected chi connectivity index (χ4v) is 6.41. The zero-order valence-corrected chi connectivity index (χ0v) is 21.9. The average Bonchev–Trinajstić information content (AvgIpc) is 3.73. The van der Waals surface area contributed by atoms with E-state index in [0.29, 0.717) is 24.3 Å². The number of carbonyl (C=O) groups excluding carboxylic acids is 2. The number of hydrogen-bond donors (Lipinski definition) is 1. The van der Waals surface area contributed by atoms with Crippen LogP contribution in [0, 0.1) is 0 Å². The molecule has 3 aliphatic rings. The number of carbonyl (C=O) groups is 2. The van der Waals surface area contributed by atoms with E-state index in [2.05, 4.69) is 21.0 Å². The molecule has 3 fully saturated rings. The smallest absolute Gasteiger partial charge is 0.270 e. The summed E-state index contributed by atoms with van der Waals surface area (Å²) in [5, 5.41) is 0.895. The van der Waals surface area contributed by atoms with Gasteiger partial charge in [0.2, 0.25) is 5.91 Å². The summed E-state index contributed by atoms with van der Waals surface area (Å²) in [5.74, 6) is 0.182. The van der Waals surface area contributed by atoms with Crippen LogP contribution in [0.3, 0.4) is 0 Å². The molecule has 3 saturated heterocycles. The molecule has 7 rings (SSSR count). The van der Waals surface area contributed by atoms with Crippen molar-refractivity contribution in [2.24, 2.45) is 0 Å². The van der Waals surface area contributed by atoms with E-state index < -0.39 is 0 Å². The monoisotopic (exact) mass is 521 g/mol. The largest absolute Gasteiger partial charge is 0.373 e. The van der Waals surface area contributed by atoms with Crippen molar-refractivity contribution in [3.8, 4) is 22.3 Å². The fraction of sp³-hybridized carbons (Fsp3) is 0.355. The molecule has 3 aliphatic heterocycles. The van der Waals surface area contributed by atoms with Gasteiger partial charge in [0.15, 0.2) is 0 Å². The van der Waals surface area contributed by atoms with Crippen molar-refractivity contribution in [3.63, 3.8) is 0 Å². The highest BCUT2D eigenvalue weighted by Gasteiger charge is 2.41. The van der Waals surface area contributed by atoms with E-state index in [1.807, 2.05) is 58.6 Å². The second-order valence-electron chi connectivity index (χ2n) is 10.9. The zero-order valence-electron chi connectivity index (χ0n) is 21.9. The minimum absolute atomic E-state index is 0.00280. The van der Waals surface area contributed by atoms with Gasteiger partial charge in [-0.2, -0.15) is 0 Å². The lowest BCUT2D eigenvalue weighted by Gasteiger charge is -2.39. The Labute approximate surface area is 227 Å². The van der Waals surface area contributed by atoms with Crippen molar-refractivity contribution in [2.75, 3.05) is 31.1 Å². The van der Waals surface area contributed by atoms with Crippen molar-refractivity contribution in [3.05, 3.63) is 66.7 Å². The molecular weight excluding hydrogens is 490 g/mol. The van der Waals surface area contributed by atoms with Crippen LogP contribution in [0.2, 0.25) is 0 Å². The quantitative estimate of drug-likeness (QED) is 0.398. The highest BCUT2D eigenvalue weighted by atomic mass is 16.5. The maximum Gasteiger partial charge on any atom is 0.270 e. The van der Waals surface area contributed by atoms with E-state index in [4.69, 9.17) is 4.74 Å². The molecule has 1 unspecified atom stereocenters. The van der Waals surface area contributed by atoms with Gasteiger partial charge in [-0.25, -0.2) is 4.98 Å². The second kappa shape index (κ2) is 9.61. The van der Waals surface area contributed by atoms with Crippen LogP contribution < -0.4 is 4.90 Å². The first-order chi connectivity index (χ1) is 19.1. The molecule has 39 heavy (non-hydrogen) atoms. The molecule has 0 saturated carbocycles. The van der Waals surface area contributed by atoms with Crippen molar-refractivity contribution >= 4 is 28.5 Å². The summed E-state index contributed by atoms with van der Waals surface area (Å²) >= 11 is 0. The lowest BCUT2D eigenvalue weighted by Crippen LogP contribution is -2.50. The van der Waals surface area contributed by atoms with E-state index in [1.54, 1.807) is 6.20 Å². The Morgan fingerprint density at radius 1 is 0.949 bits per heavy atom. The lowest BCUT2D eigenvalue weighted by atomic mass is 9.90. The number of piperidine rings is 1. The van der Waals surface area contributed by atoms with Crippen molar-refractivity contribution in [2.45, 2.75) is 44.1 Å². The summed E-state index contributed by atoms with van der Waals surface area (Å²) < 4.78 is 6.08. The number of fused-ring (bicyclic) bond motifs is 1. The van der Waals surface area contributed by atoms with Crippen LogP contribution in [-0.2, 0) is 9.53 Å². The third-order valence-corrected chi connectivity index (χ3v) is 8.41. The van der Waals surface area contributed by atoms with Gasteiger partial charge >= 0.3 is 0 Å². The number of nitrogens with zero attached hydrogens (tertiary/aromatic N) is 4. The SMILES string of the molecule is O=C(c1cc2c(-c3cncc(-c4ccc(N5CCCC5=O)cc4)c3)ccnc2[nH]1)N1CCCC2(CCCO2)C1. The molecule has 8 heteroatoms. The molecule has 1 N–H and O–H groups in total. The van der Waals surface area contributed by atoms with Gasteiger partial charge in [0.1, 0.15) is 11.3 Å². The number of benzene rings is 1. The number of aromatic amines is 1. The minimum atomic E-state index is -0.169. The number of aromatic nitrogens is 3. The van der Waals surface area contributed by atoms with Gasteiger partial charge in [0.25, 0.3) is 5.91 Å². The van der Waals surface area contributed by atoms with Crippen LogP contribution >= 0.6 is 0 Å². The molecule has 0 radical (unpaired) electrons. The van der Waals surface area contributed by atoms with Crippen LogP contribution in [-0.4, -0.2) is 63.5 Å². The Hall–Kier alpha value is -4.04. The number of nitrogens with one attached hydrogen (secondary N) is 1. The molecule has 0 bridgehead atoms. The van der Waals surface area contributed by atoms with Crippen LogP contribution in [0.25, 0.3) is 33.3 Å². The van der Waals surface area contributed by atoms with E-state index in [0.717, 1.165) is 85.1 Å². The molecule has 3 aromatic heterocycles. The second-order valence-corrected chi connectivity index (χ2v) is 10.9. The molecule has 198 valence electrons. The number of likely N-dealkylation sites (tertiary alicyclic amines) is 1. The molecule has 8 nitrogen and oxygen atoms in total. The van der Waals surface area contributed by atoms with Crippen LogP contribution in [0.1, 0.15) is 49.0 Å². The lowest BCUT2D eigenvalue weighted by molar-refractivity contribution is -0.117. The summed E-state index contributed by atoms with van der Waals surface area (Å²) in [5.41, 5.74) is 5.94. The van der Waals surface area contributed by atoms with Crippen molar-refractivity contribution in [1.82, 2.24) is 19.9 Å². The first-order valence-electron chi connectivity index (χ1n) is 13.9. The predicted octanol–water partition coefficient (Wildman–Crippen LogP) is 5.20. The molecule has 1 spiro atoms. The molecule has 4 aromatic rings. The highest BCUT2D eigenvalue weighted by Crippen LogP contribution is 2.36. The Morgan fingerprint density at radius 3 is 2.59 bits per heavy atom. The number of amides is 2. The normalized spacial score (nSPS) is 21.4. The number of pyridine rings is 2. The Balaban J connectivity index is 1.17. The van der Waals surface area contributed by atoms with Gasteiger partial charge in [-0.15, -0.1) is 0 Å². The van der Waals surface area contributed by atoms with Gasteiger partial charge in [-0.1, -0.05) is 12.1 Å². The highest BCUT2D eigenvalue weighted by molar-refractivity contribution is 6.02. The number of hydrogen-bond acceptors (Lipinski definition) is 5. The van der Waals surface area contributed by atoms with Crippen LogP contribution in [0.5, 0.6) is 0 Å². The summed E-state index contributed by atoms with van der Waals surface area (Å²) in [6.45, 7) is 2.96. The van der Waals surface area contributed by atoms with E-state index >= 15 is 0 Å². The topological polar surface area (TPSA) is 91.4 Å². The third kappa shape index (κ3) is 4.38. The third-order valence-electron chi connectivity index (χ3n) is 8.41. The zero-order chi connectivity index (χ0) is 26.4. The number of rotatable bonds is 4. The van der Waals surface area contributed by atoms with Gasteiger partial charge < -0.3 is 19.5 Å². The minimum Gasteiger partial charge on any atom is -0.373 e.